The van der Waals surface area contributed by atoms with Gasteiger partial charge >= 0.3 is 0 Å². The van der Waals surface area contributed by atoms with Crippen molar-refractivity contribution in [1.29, 1.82) is 0 Å². The smallest absolute Gasteiger partial charge is 0.143 e. The third kappa shape index (κ3) is 5.90. The van der Waals surface area contributed by atoms with E-state index in [0.717, 1.165) is 94.3 Å². The maximum atomic E-state index is 6.75. The average Bonchev–Trinajstić information content (AvgIpc) is 3.91. The van der Waals surface area contributed by atoms with E-state index in [1.165, 1.54) is 21.9 Å². The maximum Gasteiger partial charge on any atom is 0.143 e. The van der Waals surface area contributed by atoms with Crippen LogP contribution in [-0.2, 0) is 0 Å². The molecular weight excluding hydrogens is 743 g/mol. The van der Waals surface area contributed by atoms with Crippen LogP contribution in [0.15, 0.2) is 233 Å². The lowest BCUT2D eigenvalue weighted by Crippen LogP contribution is -2.10. The van der Waals surface area contributed by atoms with Crippen LogP contribution in [0.4, 0.5) is 17.1 Å². The summed E-state index contributed by atoms with van der Waals surface area (Å²) in [6.45, 7) is 0. The summed E-state index contributed by atoms with van der Waals surface area (Å²) in [6.07, 6.45) is 0. The Morgan fingerprint density at radius 1 is 0.295 bits per heavy atom. The van der Waals surface area contributed by atoms with Gasteiger partial charge in [-0.3, -0.25) is 0 Å². The Morgan fingerprint density at radius 2 is 0.803 bits per heavy atom. The van der Waals surface area contributed by atoms with Crippen molar-refractivity contribution in [2.45, 2.75) is 0 Å². The highest BCUT2D eigenvalue weighted by molar-refractivity contribution is 6.16. The van der Waals surface area contributed by atoms with Crippen LogP contribution in [0.25, 0.3) is 99.2 Å². The molecule has 2 heterocycles. The van der Waals surface area contributed by atoms with Gasteiger partial charge in [-0.25, -0.2) is 0 Å². The monoisotopic (exact) mass is 779 g/mol. The third-order valence-corrected chi connectivity index (χ3v) is 12.1. The minimum absolute atomic E-state index is 0.848. The summed E-state index contributed by atoms with van der Waals surface area (Å²) >= 11 is 0. The lowest BCUT2D eigenvalue weighted by molar-refractivity contribution is 0.669. The summed E-state index contributed by atoms with van der Waals surface area (Å²) < 4.78 is 13.3. The Hall–Kier alpha value is -8.14. The number of anilines is 3. The number of para-hydroxylation sites is 2. The predicted molar refractivity (Wildman–Crippen MR) is 255 cm³/mol. The van der Waals surface area contributed by atoms with E-state index >= 15 is 0 Å². The number of benzene rings is 10. The number of fused-ring (bicyclic) bond motifs is 7. The molecule has 0 saturated heterocycles. The molecule has 0 unspecified atom stereocenters. The molecule has 0 amide bonds. The zero-order valence-corrected chi connectivity index (χ0v) is 33.1. The largest absolute Gasteiger partial charge is 0.455 e. The van der Waals surface area contributed by atoms with Crippen LogP contribution in [0.5, 0.6) is 0 Å². The lowest BCUT2D eigenvalue weighted by Gasteiger charge is -2.26. The second-order valence-corrected chi connectivity index (χ2v) is 15.6. The van der Waals surface area contributed by atoms with Crippen LogP contribution in [-0.4, -0.2) is 0 Å². The third-order valence-electron chi connectivity index (χ3n) is 12.1. The van der Waals surface area contributed by atoms with Gasteiger partial charge in [0.2, 0.25) is 0 Å². The van der Waals surface area contributed by atoms with Gasteiger partial charge in [0, 0.05) is 38.7 Å². The Balaban J connectivity index is 0.991. The molecule has 10 aromatic carbocycles. The zero-order chi connectivity index (χ0) is 40.3. The topological polar surface area (TPSA) is 29.5 Å². The molecular formula is C58H37NO2. The predicted octanol–water partition coefficient (Wildman–Crippen LogP) is 16.8. The number of nitrogens with zero attached hydrogens (tertiary/aromatic N) is 1. The van der Waals surface area contributed by atoms with Crippen molar-refractivity contribution in [2.75, 3.05) is 4.90 Å². The molecule has 0 aliphatic heterocycles. The fourth-order valence-corrected chi connectivity index (χ4v) is 9.18. The molecule has 0 saturated carbocycles. The van der Waals surface area contributed by atoms with Gasteiger partial charge in [0.1, 0.15) is 22.3 Å². The minimum atomic E-state index is 0.848. The minimum Gasteiger partial charge on any atom is -0.455 e. The highest BCUT2D eigenvalue weighted by Gasteiger charge is 2.22. The molecule has 3 nitrogen and oxygen atoms in total. The van der Waals surface area contributed by atoms with Crippen molar-refractivity contribution in [2.24, 2.45) is 0 Å². The van der Waals surface area contributed by atoms with Crippen molar-refractivity contribution in [3.8, 4) is 44.5 Å². The number of hydrogen-bond acceptors (Lipinski definition) is 3. The van der Waals surface area contributed by atoms with E-state index in [9.17, 15) is 0 Å². The molecule has 3 heteroatoms. The van der Waals surface area contributed by atoms with E-state index in [0.29, 0.717) is 0 Å². The van der Waals surface area contributed by atoms with Crippen molar-refractivity contribution >= 4 is 71.7 Å². The summed E-state index contributed by atoms with van der Waals surface area (Å²) in [5.41, 5.74) is 15.8. The Morgan fingerprint density at radius 3 is 1.52 bits per heavy atom. The fourth-order valence-electron chi connectivity index (χ4n) is 9.18. The molecule has 0 N–H and O–H groups in total. The normalized spacial score (nSPS) is 11.6. The van der Waals surface area contributed by atoms with E-state index in [-0.39, 0.29) is 0 Å². The van der Waals surface area contributed by atoms with E-state index in [1.807, 2.05) is 6.07 Å². The Kier molecular flexibility index (Phi) is 8.17. The molecule has 0 fully saturated rings. The van der Waals surface area contributed by atoms with Gasteiger partial charge in [-0.15, -0.1) is 0 Å². The van der Waals surface area contributed by atoms with Crippen molar-refractivity contribution in [3.63, 3.8) is 0 Å². The van der Waals surface area contributed by atoms with Gasteiger partial charge in [0.05, 0.1) is 11.1 Å². The molecule has 2 aromatic heterocycles. The molecule has 61 heavy (non-hydrogen) atoms. The molecule has 0 atom stereocenters. The van der Waals surface area contributed by atoms with E-state index < -0.39 is 0 Å². The van der Waals surface area contributed by atoms with Crippen LogP contribution in [0.2, 0.25) is 0 Å². The molecule has 0 bridgehead atoms. The standard InChI is InChI=1S/C58H37NO2/c1-3-13-40(14-4-1)48-21-10-23-50-52-37-43(31-36-54(52)60-57(48)50)38-27-32-44(33-28-38)59(45-34-29-42(30-35-45)47-20-9-18-39-17-7-8-19-46(39)47)53-25-12-26-55-56(53)51-24-11-22-49(58(51)61-55)41-15-5-2-6-16-41/h1-37H. The summed E-state index contributed by atoms with van der Waals surface area (Å²) in [6, 6.07) is 79.7. The first-order valence-corrected chi connectivity index (χ1v) is 20.7. The number of hydrogen-bond donors (Lipinski definition) is 0. The first-order valence-electron chi connectivity index (χ1n) is 20.7. The van der Waals surface area contributed by atoms with Gasteiger partial charge in [0.15, 0.2) is 0 Å². The lowest BCUT2D eigenvalue weighted by atomic mass is 9.97. The maximum absolute atomic E-state index is 6.75. The van der Waals surface area contributed by atoms with Gasteiger partial charge < -0.3 is 13.7 Å². The highest BCUT2D eigenvalue weighted by atomic mass is 16.3. The molecule has 0 aliphatic carbocycles. The molecule has 12 aromatic rings. The second-order valence-electron chi connectivity index (χ2n) is 15.6. The van der Waals surface area contributed by atoms with Gasteiger partial charge in [-0.2, -0.15) is 0 Å². The van der Waals surface area contributed by atoms with Crippen LogP contribution >= 0.6 is 0 Å². The first-order chi connectivity index (χ1) is 30.2. The van der Waals surface area contributed by atoms with Gasteiger partial charge in [-0.1, -0.05) is 176 Å². The van der Waals surface area contributed by atoms with Gasteiger partial charge in [-0.05, 0) is 92.7 Å². The quantitative estimate of drug-likeness (QED) is 0.161. The summed E-state index contributed by atoms with van der Waals surface area (Å²) in [5, 5.41) is 6.85. The van der Waals surface area contributed by atoms with Crippen LogP contribution in [0.3, 0.4) is 0 Å². The molecule has 286 valence electrons. The van der Waals surface area contributed by atoms with Crippen LogP contribution < -0.4 is 4.90 Å². The summed E-state index contributed by atoms with van der Waals surface area (Å²) in [4.78, 5) is 2.36. The van der Waals surface area contributed by atoms with Crippen LogP contribution in [0, 0.1) is 0 Å². The zero-order valence-electron chi connectivity index (χ0n) is 33.1. The highest BCUT2D eigenvalue weighted by Crippen LogP contribution is 2.46. The Bertz CT molecular complexity index is 3560. The average molecular weight is 780 g/mol. The SMILES string of the molecule is c1ccc(-c2cccc3c2oc2ccc(-c4ccc(N(c5ccc(-c6cccc7ccccc67)cc5)c5cccc6oc7c(-c8ccccc8)cccc7c56)cc4)cc23)cc1. The van der Waals surface area contributed by atoms with E-state index in [4.69, 9.17) is 8.83 Å². The van der Waals surface area contributed by atoms with Crippen molar-refractivity contribution in [1.82, 2.24) is 0 Å². The summed E-state index contributed by atoms with van der Waals surface area (Å²) in [5.74, 6) is 0. The van der Waals surface area contributed by atoms with Crippen LogP contribution in [0.1, 0.15) is 0 Å². The van der Waals surface area contributed by atoms with Gasteiger partial charge in [0.25, 0.3) is 0 Å². The second kappa shape index (κ2) is 14.3. The Labute approximate surface area is 353 Å². The van der Waals surface area contributed by atoms with E-state index in [1.54, 1.807) is 0 Å². The van der Waals surface area contributed by atoms with Crippen molar-refractivity contribution in [3.05, 3.63) is 224 Å². The molecule has 0 aliphatic rings. The number of rotatable bonds is 7. The molecule has 12 rings (SSSR count). The van der Waals surface area contributed by atoms with E-state index in [2.05, 4.69) is 223 Å². The van der Waals surface area contributed by atoms with Crippen molar-refractivity contribution < 1.29 is 8.83 Å². The molecule has 0 spiro atoms. The first kappa shape index (κ1) is 34.9. The number of furan rings is 2. The molecule has 0 radical (unpaired) electrons. The fraction of sp³-hybridized carbons (Fsp3) is 0. The summed E-state index contributed by atoms with van der Waals surface area (Å²) in [7, 11) is 0.